The Hall–Kier alpha value is -3.23. The number of nitrogens with zero attached hydrogens (tertiary/aromatic N) is 3. The van der Waals surface area contributed by atoms with Gasteiger partial charge in [0.1, 0.15) is 5.67 Å². The van der Waals surface area contributed by atoms with Crippen molar-refractivity contribution in [2.75, 3.05) is 6.54 Å². The molecule has 0 aliphatic heterocycles. The van der Waals surface area contributed by atoms with Gasteiger partial charge >= 0.3 is 6.01 Å². The van der Waals surface area contributed by atoms with Gasteiger partial charge in [-0.15, -0.1) is 5.10 Å². The summed E-state index contributed by atoms with van der Waals surface area (Å²) in [4.78, 5) is 19.6. The number of carbonyl (C=O) groups excluding carboxylic acids is 1. The molecule has 28 heavy (non-hydrogen) atoms. The minimum absolute atomic E-state index is 0.0747. The molecule has 0 unspecified atom stereocenters. The second-order valence-electron chi connectivity index (χ2n) is 7.03. The molecule has 2 heterocycles. The van der Waals surface area contributed by atoms with Crippen LogP contribution in [0, 0.1) is 6.92 Å². The molecule has 0 bridgehead atoms. The van der Waals surface area contributed by atoms with Crippen LogP contribution in [0.15, 0.2) is 27.6 Å². The summed E-state index contributed by atoms with van der Waals surface area (Å²) >= 11 is 0. The molecule has 0 aliphatic rings. The molecule has 0 aliphatic carbocycles. The van der Waals surface area contributed by atoms with E-state index in [1.54, 1.807) is 25.1 Å². The van der Waals surface area contributed by atoms with Crippen LogP contribution >= 0.6 is 0 Å². The molecule has 9 heteroatoms. The molecule has 0 saturated carbocycles. The Balaban J connectivity index is 2.01. The number of H-pyrrole nitrogens is 1. The number of carbonyl (C=O) groups is 1. The molecule has 148 valence electrons. The normalized spacial score (nSPS) is 12.5. The number of nitrogens with one attached hydrogen (secondary N) is 2. The van der Waals surface area contributed by atoms with Crippen molar-refractivity contribution in [2.24, 2.45) is 4.99 Å². The van der Waals surface area contributed by atoms with E-state index in [2.05, 4.69) is 25.5 Å². The van der Waals surface area contributed by atoms with Crippen LogP contribution < -0.4 is 5.32 Å². The molecule has 0 fully saturated rings. The summed E-state index contributed by atoms with van der Waals surface area (Å²) in [5.41, 5.74) is 0.448. The topological polar surface area (TPSA) is 116 Å². The molecule has 0 spiro atoms. The highest BCUT2D eigenvalue weighted by molar-refractivity contribution is 6.14. The molecule has 3 N–H and O–H groups in total. The lowest BCUT2D eigenvalue weighted by Gasteiger charge is -2.14. The zero-order valence-electron chi connectivity index (χ0n) is 16.1. The van der Waals surface area contributed by atoms with E-state index >= 15 is 0 Å². The molecule has 0 atom stereocenters. The van der Waals surface area contributed by atoms with E-state index in [1.807, 2.05) is 6.92 Å². The fraction of sp³-hybridized carbons (Fsp3) is 0.368. The molecule has 1 aromatic carbocycles. The van der Waals surface area contributed by atoms with Crippen LogP contribution in [0.25, 0.3) is 10.9 Å². The second kappa shape index (κ2) is 7.41. The molecular weight excluding hydrogens is 365 g/mol. The molecule has 2 aromatic heterocycles. The summed E-state index contributed by atoms with van der Waals surface area (Å²) in [5, 5.41) is 21.2. The number of aromatic amines is 1. The molecule has 8 nitrogen and oxygen atoms in total. The number of benzene rings is 1. The van der Waals surface area contributed by atoms with E-state index in [4.69, 9.17) is 4.42 Å². The second-order valence-corrected chi connectivity index (χ2v) is 7.03. The maximum absolute atomic E-state index is 13.7. The van der Waals surface area contributed by atoms with E-state index < -0.39 is 11.6 Å². The zero-order valence-corrected chi connectivity index (χ0v) is 16.1. The van der Waals surface area contributed by atoms with Gasteiger partial charge in [0.15, 0.2) is 5.88 Å². The largest absolute Gasteiger partial charge is 0.494 e. The van der Waals surface area contributed by atoms with Gasteiger partial charge in [0.25, 0.3) is 5.91 Å². The van der Waals surface area contributed by atoms with Gasteiger partial charge in [-0.1, -0.05) is 12.0 Å². The van der Waals surface area contributed by atoms with Crippen molar-refractivity contribution in [3.05, 3.63) is 35.2 Å². The first-order chi connectivity index (χ1) is 13.2. The molecule has 0 saturated heterocycles. The standard InChI is InChI=1S/C19H22FN5O3/c1-5-13(23-18-25-24-10(2)28-18)15-12-8-11(6-7-14(12)22-17(15)27)16(26)21-9-19(3,4)20/h6-8,22,27H,5,9H2,1-4H3,(H,21,26)/b23-13+. The van der Waals surface area contributed by atoms with Crippen LogP contribution in [0.2, 0.25) is 0 Å². The summed E-state index contributed by atoms with van der Waals surface area (Å²) in [6.45, 7) is 6.21. The number of amides is 1. The van der Waals surface area contributed by atoms with Crippen molar-refractivity contribution in [1.82, 2.24) is 20.5 Å². The summed E-state index contributed by atoms with van der Waals surface area (Å²) < 4.78 is 18.9. The molecule has 3 rings (SSSR count). The summed E-state index contributed by atoms with van der Waals surface area (Å²) in [6.07, 6.45) is 0.481. The lowest BCUT2D eigenvalue weighted by Crippen LogP contribution is -2.35. The Labute approximate surface area is 160 Å². The average Bonchev–Trinajstić information content (AvgIpc) is 3.18. The number of hydrogen-bond donors (Lipinski definition) is 3. The van der Waals surface area contributed by atoms with Crippen molar-refractivity contribution in [3.8, 4) is 5.88 Å². The minimum atomic E-state index is -1.51. The number of halogens is 1. The lowest BCUT2D eigenvalue weighted by atomic mass is 10.0. The first-order valence-electron chi connectivity index (χ1n) is 8.88. The van der Waals surface area contributed by atoms with Crippen molar-refractivity contribution in [2.45, 2.75) is 39.8 Å². The smallest absolute Gasteiger partial charge is 0.342 e. The zero-order chi connectivity index (χ0) is 20.5. The van der Waals surface area contributed by atoms with E-state index in [0.29, 0.717) is 40.1 Å². The number of aryl methyl sites for hydroxylation is 1. The first-order valence-corrected chi connectivity index (χ1v) is 8.88. The fourth-order valence-electron chi connectivity index (χ4n) is 2.76. The summed E-state index contributed by atoms with van der Waals surface area (Å²) in [6, 6.07) is 5.00. The quantitative estimate of drug-likeness (QED) is 0.559. The van der Waals surface area contributed by atoms with Gasteiger partial charge in [-0.3, -0.25) is 4.79 Å². The minimum Gasteiger partial charge on any atom is -0.494 e. The van der Waals surface area contributed by atoms with Crippen LogP contribution in [0.5, 0.6) is 5.88 Å². The van der Waals surface area contributed by atoms with Gasteiger partial charge in [0.2, 0.25) is 5.89 Å². The number of aromatic hydroxyl groups is 1. The fourth-order valence-corrected chi connectivity index (χ4v) is 2.76. The predicted octanol–water partition coefficient (Wildman–Crippen LogP) is 3.57. The third-order valence-corrected chi connectivity index (χ3v) is 4.08. The lowest BCUT2D eigenvalue weighted by molar-refractivity contribution is 0.0921. The highest BCUT2D eigenvalue weighted by Gasteiger charge is 2.20. The third-order valence-electron chi connectivity index (χ3n) is 4.08. The van der Waals surface area contributed by atoms with E-state index in [1.165, 1.54) is 13.8 Å². The van der Waals surface area contributed by atoms with Gasteiger partial charge < -0.3 is 19.8 Å². The monoisotopic (exact) mass is 387 g/mol. The van der Waals surface area contributed by atoms with Crippen molar-refractivity contribution in [1.29, 1.82) is 0 Å². The van der Waals surface area contributed by atoms with Gasteiger partial charge in [0, 0.05) is 23.4 Å². The third kappa shape index (κ3) is 4.19. The highest BCUT2D eigenvalue weighted by atomic mass is 19.1. The first kappa shape index (κ1) is 19.5. The van der Waals surface area contributed by atoms with Crippen LogP contribution in [0.3, 0.4) is 0 Å². The SMILES string of the molecule is CC/C(=N\c1nnc(C)o1)c1c(O)[nH]c2ccc(C(=O)NCC(C)(C)F)cc12. The molecule has 0 radical (unpaired) electrons. The van der Waals surface area contributed by atoms with Crippen molar-refractivity contribution in [3.63, 3.8) is 0 Å². The maximum Gasteiger partial charge on any atom is 0.342 e. The number of aromatic nitrogens is 3. The number of hydrogen-bond acceptors (Lipinski definition) is 6. The van der Waals surface area contributed by atoms with Gasteiger partial charge in [0.05, 0.1) is 17.8 Å². The molecule has 3 aromatic rings. The van der Waals surface area contributed by atoms with Crippen LogP contribution in [0.4, 0.5) is 10.4 Å². The molecule has 1 amide bonds. The van der Waals surface area contributed by atoms with Crippen LogP contribution in [-0.2, 0) is 0 Å². The van der Waals surface area contributed by atoms with Crippen molar-refractivity contribution < 1.29 is 18.7 Å². The Morgan fingerprint density at radius 1 is 1.39 bits per heavy atom. The maximum atomic E-state index is 13.7. The van der Waals surface area contributed by atoms with Crippen molar-refractivity contribution >= 4 is 28.5 Å². The summed E-state index contributed by atoms with van der Waals surface area (Å²) in [5.74, 6) is -0.0943. The molecular formula is C19H22FN5O3. The number of fused-ring (bicyclic) bond motifs is 1. The Morgan fingerprint density at radius 2 is 2.14 bits per heavy atom. The van der Waals surface area contributed by atoms with Crippen LogP contribution in [0.1, 0.15) is 49.0 Å². The van der Waals surface area contributed by atoms with E-state index in [0.717, 1.165) is 0 Å². The Kier molecular flexibility index (Phi) is 5.17. The number of alkyl halides is 1. The Bertz CT molecular complexity index is 1050. The number of rotatable bonds is 6. The number of aliphatic imine (C=N–C) groups is 1. The van der Waals surface area contributed by atoms with Gasteiger partial charge in [-0.2, -0.15) is 4.99 Å². The highest BCUT2D eigenvalue weighted by Crippen LogP contribution is 2.30. The van der Waals surface area contributed by atoms with Crippen LogP contribution in [-0.4, -0.2) is 44.1 Å². The van der Waals surface area contributed by atoms with Gasteiger partial charge in [-0.05, 0) is 38.5 Å². The summed E-state index contributed by atoms with van der Waals surface area (Å²) in [7, 11) is 0. The van der Waals surface area contributed by atoms with Gasteiger partial charge in [-0.25, -0.2) is 4.39 Å². The Morgan fingerprint density at radius 3 is 2.75 bits per heavy atom. The van der Waals surface area contributed by atoms with E-state index in [-0.39, 0.29) is 18.4 Å². The average molecular weight is 387 g/mol. The predicted molar refractivity (Wildman–Crippen MR) is 103 cm³/mol. The van der Waals surface area contributed by atoms with E-state index in [9.17, 15) is 14.3 Å².